The molecular formula is C20H23NO2S. The first-order valence-corrected chi connectivity index (χ1v) is 9.57. The number of sulfonamides is 1. The van der Waals surface area contributed by atoms with Crippen LogP contribution in [0, 0.1) is 12.3 Å². The molecule has 0 aromatic heterocycles. The zero-order chi connectivity index (χ0) is 17.5. The molecule has 0 amide bonds. The van der Waals surface area contributed by atoms with Crippen LogP contribution in [0.5, 0.6) is 0 Å². The first kappa shape index (κ1) is 16.9. The summed E-state index contributed by atoms with van der Waals surface area (Å²) in [5, 5.41) is 0. The highest BCUT2D eigenvalue weighted by atomic mass is 32.2. The van der Waals surface area contributed by atoms with E-state index in [1.54, 1.807) is 12.1 Å². The molecule has 0 bridgehead atoms. The fourth-order valence-electron chi connectivity index (χ4n) is 3.06. The maximum absolute atomic E-state index is 12.7. The van der Waals surface area contributed by atoms with E-state index in [4.69, 9.17) is 0 Å². The molecule has 24 heavy (non-hydrogen) atoms. The molecule has 1 aliphatic rings. The molecule has 0 aliphatic heterocycles. The van der Waals surface area contributed by atoms with Crippen LogP contribution < -0.4 is 4.72 Å². The predicted molar refractivity (Wildman–Crippen MR) is 98.1 cm³/mol. The second-order valence-electron chi connectivity index (χ2n) is 7.33. The van der Waals surface area contributed by atoms with Crippen molar-refractivity contribution in [3.8, 4) is 0 Å². The summed E-state index contributed by atoms with van der Waals surface area (Å²) in [5.41, 5.74) is 4.31. The maximum Gasteiger partial charge on any atom is 0.241 e. The molecule has 0 saturated heterocycles. The number of fused-ring (bicyclic) bond motifs is 1. The third-order valence-electron chi connectivity index (χ3n) is 4.34. The van der Waals surface area contributed by atoms with Gasteiger partial charge in [0.05, 0.1) is 10.9 Å². The zero-order valence-corrected chi connectivity index (χ0v) is 15.3. The van der Waals surface area contributed by atoms with Gasteiger partial charge < -0.3 is 0 Å². The van der Waals surface area contributed by atoms with Crippen molar-refractivity contribution in [2.24, 2.45) is 5.41 Å². The van der Waals surface area contributed by atoms with Gasteiger partial charge >= 0.3 is 0 Å². The molecule has 126 valence electrons. The Hall–Kier alpha value is -1.91. The van der Waals surface area contributed by atoms with Crippen molar-refractivity contribution in [2.75, 3.05) is 0 Å². The van der Waals surface area contributed by atoms with Crippen LogP contribution in [0.4, 0.5) is 0 Å². The van der Waals surface area contributed by atoms with E-state index in [9.17, 15) is 8.42 Å². The lowest BCUT2D eigenvalue weighted by Gasteiger charge is -2.21. The quantitative estimate of drug-likeness (QED) is 0.896. The van der Waals surface area contributed by atoms with Gasteiger partial charge in [-0.25, -0.2) is 8.42 Å². The predicted octanol–water partition coefficient (Wildman–Crippen LogP) is 4.46. The Labute approximate surface area is 144 Å². The summed E-state index contributed by atoms with van der Waals surface area (Å²) in [6, 6.07) is 14.6. The average Bonchev–Trinajstić information content (AvgIpc) is 2.86. The molecule has 1 atom stereocenters. The molecule has 1 N–H and O–H groups in total. The van der Waals surface area contributed by atoms with Gasteiger partial charge in [-0.2, -0.15) is 4.72 Å². The number of rotatable bonds is 3. The van der Waals surface area contributed by atoms with Gasteiger partial charge in [0, 0.05) is 0 Å². The van der Waals surface area contributed by atoms with E-state index < -0.39 is 10.0 Å². The normalized spacial score (nSPS) is 17.5. The van der Waals surface area contributed by atoms with Crippen LogP contribution in [0.1, 0.15) is 43.5 Å². The third-order valence-corrected chi connectivity index (χ3v) is 5.80. The van der Waals surface area contributed by atoms with Crippen molar-refractivity contribution >= 4 is 15.6 Å². The van der Waals surface area contributed by atoms with E-state index in [-0.39, 0.29) is 11.5 Å². The average molecular weight is 341 g/mol. The number of hydrogen-bond donors (Lipinski definition) is 1. The lowest BCUT2D eigenvalue weighted by Crippen LogP contribution is -2.26. The van der Waals surface area contributed by atoms with E-state index in [1.165, 1.54) is 5.57 Å². The minimum absolute atomic E-state index is 0.0415. The summed E-state index contributed by atoms with van der Waals surface area (Å²) in [6.45, 7) is 8.38. The Kier molecular flexibility index (Phi) is 4.14. The SMILES string of the molecule is Cc1ccc(S(=O)(=O)N[C@H]2C=C(C(C)(C)C)c3ccccc32)cc1. The van der Waals surface area contributed by atoms with Crippen molar-refractivity contribution in [2.45, 2.75) is 38.6 Å². The van der Waals surface area contributed by atoms with Gasteiger partial charge in [0.2, 0.25) is 10.0 Å². The lowest BCUT2D eigenvalue weighted by atomic mass is 9.83. The minimum Gasteiger partial charge on any atom is -0.207 e. The number of aryl methyl sites for hydroxylation is 1. The van der Waals surface area contributed by atoms with Gasteiger partial charge in [0.25, 0.3) is 0 Å². The highest BCUT2D eigenvalue weighted by Gasteiger charge is 2.32. The molecule has 0 heterocycles. The van der Waals surface area contributed by atoms with Crippen molar-refractivity contribution in [1.29, 1.82) is 0 Å². The van der Waals surface area contributed by atoms with Crippen molar-refractivity contribution in [3.05, 3.63) is 71.3 Å². The van der Waals surface area contributed by atoms with Crippen LogP contribution in [-0.2, 0) is 10.0 Å². The van der Waals surface area contributed by atoms with E-state index in [1.807, 2.05) is 43.3 Å². The fraction of sp³-hybridized carbons (Fsp3) is 0.300. The first-order valence-electron chi connectivity index (χ1n) is 8.09. The second kappa shape index (κ2) is 5.87. The maximum atomic E-state index is 12.7. The Morgan fingerprint density at radius 2 is 1.58 bits per heavy atom. The Bertz CT molecular complexity index is 888. The van der Waals surface area contributed by atoms with Crippen LogP contribution in [-0.4, -0.2) is 8.42 Å². The summed E-state index contributed by atoms with van der Waals surface area (Å²) < 4.78 is 28.3. The number of hydrogen-bond acceptors (Lipinski definition) is 2. The number of allylic oxidation sites excluding steroid dienone is 1. The van der Waals surface area contributed by atoms with Crippen LogP contribution >= 0.6 is 0 Å². The van der Waals surface area contributed by atoms with E-state index in [0.29, 0.717) is 4.90 Å². The first-order chi connectivity index (χ1) is 11.2. The smallest absolute Gasteiger partial charge is 0.207 e. The Morgan fingerprint density at radius 3 is 2.21 bits per heavy atom. The molecule has 3 rings (SSSR count). The molecule has 0 radical (unpaired) electrons. The molecule has 2 aromatic carbocycles. The van der Waals surface area contributed by atoms with Crippen LogP contribution in [0.3, 0.4) is 0 Å². The molecule has 1 aliphatic carbocycles. The monoisotopic (exact) mass is 341 g/mol. The Balaban J connectivity index is 1.98. The Morgan fingerprint density at radius 1 is 0.958 bits per heavy atom. The van der Waals surface area contributed by atoms with Crippen molar-refractivity contribution < 1.29 is 8.42 Å². The molecule has 0 fully saturated rings. The van der Waals surface area contributed by atoms with Crippen molar-refractivity contribution in [1.82, 2.24) is 4.72 Å². The molecule has 0 spiro atoms. The van der Waals surface area contributed by atoms with Gasteiger partial charge in [0.1, 0.15) is 0 Å². The van der Waals surface area contributed by atoms with Crippen LogP contribution in [0.25, 0.3) is 5.57 Å². The fourth-order valence-corrected chi connectivity index (χ4v) is 4.22. The number of nitrogens with one attached hydrogen (secondary N) is 1. The van der Waals surface area contributed by atoms with Gasteiger partial charge in [-0.15, -0.1) is 0 Å². The molecule has 0 unspecified atom stereocenters. The number of benzene rings is 2. The van der Waals surface area contributed by atoms with Crippen LogP contribution in [0.2, 0.25) is 0 Å². The van der Waals surface area contributed by atoms with E-state index in [0.717, 1.165) is 16.7 Å². The van der Waals surface area contributed by atoms with Gasteiger partial charge in [0.15, 0.2) is 0 Å². The van der Waals surface area contributed by atoms with Gasteiger partial charge in [-0.3, -0.25) is 0 Å². The van der Waals surface area contributed by atoms with Crippen molar-refractivity contribution in [3.63, 3.8) is 0 Å². The lowest BCUT2D eigenvalue weighted by molar-refractivity contribution is 0.564. The standard InChI is InChI=1S/C20H23NO2S/c1-14-9-11-15(12-10-14)24(22,23)21-19-13-18(20(2,3)4)16-7-5-6-8-17(16)19/h5-13,19,21H,1-4H3/t19-/m0/s1. The highest BCUT2D eigenvalue weighted by Crippen LogP contribution is 2.44. The molecule has 2 aromatic rings. The second-order valence-corrected chi connectivity index (χ2v) is 9.04. The summed E-state index contributed by atoms with van der Waals surface area (Å²) in [6.07, 6.45) is 2.04. The largest absolute Gasteiger partial charge is 0.241 e. The summed E-state index contributed by atoms with van der Waals surface area (Å²) in [4.78, 5) is 0.295. The summed E-state index contributed by atoms with van der Waals surface area (Å²) in [5.74, 6) is 0. The van der Waals surface area contributed by atoms with E-state index in [2.05, 4.69) is 31.6 Å². The summed E-state index contributed by atoms with van der Waals surface area (Å²) >= 11 is 0. The van der Waals surface area contributed by atoms with Gasteiger partial charge in [-0.1, -0.05) is 68.8 Å². The topological polar surface area (TPSA) is 46.2 Å². The van der Waals surface area contributed by atoms with Crippen LogP contribution in [0.15, 0.2) is 59.5 Å². The molecule has 4 heteroatoms. The van der Waals surface area contributed by atoms with Gasteiger partial charge in [-0.05, 0) is 41.2 Å². The minimum atomic E-state index is -3.57. The highest BCUT2D eigenvalue weighted by molar-refractivity contribution is 7.89. The summed E-state index contributed by atoms with van der Waals surface area (Å²) in [7, 11) is -3.57. The molecule has 0 saturated carbocycles. The molecule has 3 nitrogen and oxygen atoms in total. The molecular weight excluding hydrogens is 318 g/mol. The third kappa shape index (κ3) is 3.17. The zero-order valence-electron chi connectivity index (χ0n) is 14.5. The van der Waals surface area contributed by atoms with E-state index >= 15 is 0 Å².